The summed E-state index contributed by atoms with van der Waals surface area (Å²) < 4.78 is 32.0. The van der Waals surface area contributed by atoms with Gasteiger partial charge >= 0.3 is 16.2 Å². The van der Waals surface area contributed by atoms with Crippen LogP contribution in [0, 0.1) is 0 Å². The zero-order valence-corrected chi connectivity index (χ0v) is 12.2. The Morgan fingerprint density at radius 3 is 2.90 bits per heavy atom. The van der Waals surface area contributed by atoms with E-state index in [1.807, 2.05) is 0 Å². The third-order valence-corrected chi connectivity index (χ3v) is 4.17. The minimum absolute atomic E-state index is 0.0147. The molecule has 0 aliphatic carbocycles. The van der Waals surface area contributed by atoms with Crippen molar-refractivity contribution >= 4 is 33.2 Å². The lowest BCUT2D eigenvalue weighted by Gasteiger charge is -2.17. The van der Waals surface area contributed by atoms with Gasteiger partial charge in [0.2, 0.25) is 0 Å². The number of carbonyl (C=O) groups excluding carboxylic acids is 1. The van der Waals surface area contributed by atoms with Crippen LogP contribution in [0.2, 0.25) is 0 Å². The van der Waals surface area contributed by atoms with Crippen molar-refractivity contribution in [1.82, 2.24) is 24.2 Å². The number of hydrogen-bond donors (Lipinski definition) is 2. The Labute approximate surface area is 120 Å². The molecule has 0 aliphatic heterocycles. The maximum atomic E-state index is 12.1. The molecule has 0 aromatic carbocycles. The number of fused-ring (bicyclic) bond motifs is 1. The summed E-state index contributed by atoms with van der Waals surface area (Å²) in [5, 5.41) is 0. The van der Waals surface area contributed by atoms with Crippen LogP contribution in [0.1, 0.15) is 6.42 Å². The largest absolute Gasteiger partial charge is 0.469 e. The summed E-state index contributed by atoms with van der Waals surface area (Å²) in [5.74, 6) is -0.405. The molecule has 114 valence electrons. The second-order valence-electron chi connectivity index (χ2n) is 4.08. The number of aromatic amines is 1. The second kappa shape index (κ2) is 6.01. The first-order chi connectivity index (χ1) is 9.94. The minimum Gasteiger partial charge on any atom is -0.469 e. The molecule has 2 N–H and O–H groups in total. The number of ether oxygens (including phenoxy) is 1. The van der Waals surface area contributed by atoms with Gasteiger partial charge < -0.3 is 9.72 Å². The number of aromatic nitrogens is 4. The molecule has 2 heterocycles. The Morgan fingerprint density at radius 1 is 1.43 bits per heavy atom. The predicted octanol–water partition coefficient (Wildman–Crippen LogP) is -0.495. The third kappa shape index (κ3) is 3.44. The molecule has 0 spiro atoms. The molecular formula is C10H14N6O4S. The van der Waals surface area contributed by atoms with Crippen LogP contribution in [0.4, 0.5) is 5.82 Å². The maximum Gasteiger partial charge on any atom is 0.306 e. The number of nitrogens with one attached hydrogen (secondary N) is 2. The second-order valence-corrected chi connectivity index (χ2v) is 5.86. The van der Waals surface area contributed by atoms with Crippen molar-refractivity contribution in [1.29, 1.82) is 0 Å². The Hall–Kier alpha value is -2.27. The summed E-state index contributed by atoms with van der Waals surface area (Å²) in [7, 11) is -1.26. The molecule has 0 amide bonds. The molecule has 0 saturated carbocycles. The highest BCUT2D eigenvalue weighted by Crippen LogP contribution is 2.16. The van der Waals surface area contributed by atoms with Gasteiger partial charge in [-0.15, -0.1) is 0 Å². The number of hydrogen-bond acceptors (Lipinski definition) is 7. The van der Waals surface area contributed by atoms with Crippen LogP contribution in [0.3, 0.4) is 0 Å². The van der Waals surface area contributed by atoms with Gasteiger partial charge in [-0.2, -0.15) is 12.7 Å². The molecule has 0 atom stereocenters. The molecule has 0 bridgehead atoms. The summed E-state index contributed by atoms with van der Waals surface area (Å²) in [6, 6.07) is 0. The highest BCUT2D eigenvalue weighted by molar-refractivity contribution is 7.90. The number of carbonyl (C=O) groups is 1. The zero-order valence-electron chi connectivity index (χ0n) is 11.4. The molecule has 0 aliphatic rings. The first kappa shape index (κ1) is 15.1. The summed E-state index contributed by atoms with van der Waals surface area (Å²) in [6.07, 6.45) is 2.55. The fourth-order valence-corrected chi connectivity index (χ4v) is 2.40. The normalized spacial score (nSPS) is 11.8. The lowest BCUT2D eigenvalue weighted by Crippen LogP contribution is -2.34. The van der Waals surface area contributed by atoms with Gasteiger partial charge in [-0.3, -0.25) is 9.52 Å². The van der Waals surface area contributed by atoms with Crippen molar-refractivity contribution in [3.8, 4) is 0 Å². The van der Waals surface area contributed by atoms with Gasteiger partial charge in [0.25, 0.3) is 0 Å². The number of nitrogens with zero attached hydrogens (tertiary/aromatic N) is 4. The Balaban J connectivity index is 2.13. The van der Waals surface area contributed by atoms with Crippen molar-refractivity contribution in [2.45, 2.75) is 6.42 Å². The van der Waals surface area contributed by atoms with E-state index in [1.54, 1.807) is 0 Å². The highest BCUT2D eigenvalue weighted by Gasteiger charge is 2.21. The van der Waals surface area contributed by atoms with Crippen LogP contribution in [-0.4, -0.2) is 59.3 Å². The standard InChI is InChI=1S/C10H14N6O4S/c1-16(4-3-7(17)20-2)21(18,19)15-10-8-9(12-5-11-8)13-6-14-10/h5-6H,3-4H2,1-2H3,(H2,11,12,13,14,15). The van der Waals surface area contributed by atoms with Crippen molar-refractivity contribution in [3.05, 3.63) is 12.7 Å². The molecule has 11 heteroatoms. The average molecular weight is 314 g/mol. The Morgan fingerprint density at radius 2 is 2.19 bits per heavy atom. The number of H-pyrrole nitrogens is 1. The van der Waals surface area contributed by atoms with Gasteiger partial charge in [-0.05, 0) is 0 Å². The Kier molecular flexibility index (Phi) is 4.33. The summed E-state index contributed by atoms with van der Waals surface area (Å²) in [6.45, 7) is -0.0147. The van der Waals surface area contributed by atoms with Crippen LogP contribution in [0.25, 0.3) is 11.2 Å². The lowest BCUT2D eigenvalue weighted by molar-refractivity contribution is -0.140. The molecule has 0 fully saturated rings. The van der Waals surface area contributed by atoms with Gasteiger partial charge in [0.05, 0.1) is 19.9 Å². The molecule has 2 aromatic rings. The van der Waals surface area contributed by atoms with Crippen molar-refractivity contribution < 1.29 is 17.9 Å². The van der Waals surface area contributed by atoms with Crippen LogP contribution < -0.4 is 4.72 Å². The van der Waals surface area contributed by atoms with Crippen LogP contribution >= 0.6 is 0 Å². The van der Waals surface area contributed by atoms with E-state index in [-0.39, 0.29) is 18.8 Å². The van der Waals surface area contributed by atoms with Crippen LogP contribution in [0.15, 0.2) is 12.7 Å². The van der Waals surface area contributed by atoms with Gasteiger partial charge in [0, 0.05) is 13.6 Å². The van der Waals surface area contributed by atoms with E-state index < -0.39 is 16.2 Å². The van der Waals surface area contributed by atoms with E-state index in [2.05, 4.69) is 29.4 Å². The molecule has 0 radical (unpaired) electrons. The maximum absolute atomic E-state index is 12.1. The van der Waals surface area contributed by atoms with E-state index in [1.165, 1.54) is 26.8 Å². The topological polar surface area (TPSA) is 130 Å². The van der Waals surface area contributed by atoms with E-state index in [4.69, 9.17) is 0 Å². The van der Waals surface area contributed by atoms with E-state index in [0.717, 1.165) is 4.31 Å². The van der Waals surface area contributed by atoms with E-state index in [0.29, 0.717) is 11.2 Å². The molecule has 2 aromatic heterocycles. The van der Waals surface area contributed by atoms with Gasteiger partial charge in [-0.25, -0.2) is 15.0 Å². The number of rotatable bonds is 6. The van der Waals surface area contributed by atoms with Gasteiger partial charge in [0.15, 0.2) is 11.5 Å². The smallest absolute Gasteiger partial charge is 0.306 e. The van der Waals surface area contributed by atoms with Crippen molar-refractivity contribution in [2.75, 3.05) is 25.4 Å². The summed E-state index contributed by atoms with van der Waals surface area (Å²) >= 11 is 0. The Bertz CT molecular complexity index is 743. The van der Waals surface area contributed by atoms with Crippen molar-refractivity contribution in [2.24, 2.45) is 0 Å². The quantitative estimate of drug-likeness (QED) is 0.687. The number of anilines is 1. The van der Waals surface area contributed by atoms with Crippen LogP contribution in [0.5, 0.6) is 0 Å². The van der Waals surface area contributed by atoms with Gasteiger partial charge in [0.1, 0.15) is 11.8 Å². The molecule has 2 rings (SSSR count). The molecule has 10 nitrogen and oxygen atoms in total. The number of esters is 1. The third-order valence-electron chi connectivity index (χ3n) is 2.72. The van der Waals surface area contributed by atoms with Crippen molar-refractivity contribution in [3.63, 3.8) is 0 Å². The zero-order chi connectivity index (χ0) is 15.5. The lowest BCUT2D eigenvalue weighted by atomic mass is 10.4. The summed E-state index contributed by atoms with van der Waals surface area (Å²) in [4.78, 5) is 25.5. The summed E-state index contributed by atoms with van der Waals surface area (Å²) in [5.41, 5.74) is 0.724. The fourth-order valence-electron chi connectivity index (χ4n) is 1.51. The fraction of sp³-hybridized carbons (Fsp3) is 0.400. The van der Waals surface area contributed by atoms with E-state index in [9.17, 15) is 13.2 Å². The monoisotopic (exact) mass is 314 g/mol. The molecule has 21 heavy (non-hydrogen) atoms. The molecule has 0 unspecified atom stereocenters. The molecular weight excluding hydrogens is 300 g/mol. The number of imidazole rings is 1. The molecule has 0 saturated heterocycles. The predicted molar refractivity (Wildman–Crippen MR) is 73.5 cm³/mol. The average Bonchev–Trinajstić information content (AvgIpc) is 2.93. The first-order valence-electron chi connectivity index (χ1n) is 5.89. The minimum atomic E-state index is -3.85. The SMILES string of the molecule is COC(=O)CCN(C)S(=O)(=O)Nc1ncnc2nc[nH]c12. The van der Waals surface area contributed by atoms with E-state index >= 15 is 0 Å². The number of methoxy groups -OCH3 is 1. The first-order valence-corrected chi connectivity index (χ1v) is 7.33. The van der Waals surface area contributed by atoms with Crippen LogP contribution in [-0.2, 0) is 19.7 Å². The highest BCUT2D eigenvalue weighted by atomic mass is 32.2. The van der Waals surface area contributed by atoms with Gasteiger partial charge in [-0.1, -0.05) is 0 Å².